The van der Waals surface area contributed by atoms with Crippen LogP contribution >= 0.6 is 11.3 Å². The molecule has 0 amide bonds. The van der Waals surface area contributed by atoms with Crippen molar-refractivity contribution >= 4 is 37.5 Å². The molecule has 0 spiro atoms. The van der Waals surface area contributed by atoms with Crippen LogP contribution in [0, 0.1) is 12.8 Å². The minimum atomic E-state index is -3.88. The predicted octanol–water partition coefficient (Wildman–Crippen LogP) is 1.99. The van der Waals surface area contributed by atoms with Crippen LogP contribution in [0.1, 0.15) is 18.9 Å². The van der Waals surface area contributed by atoms with Gasteiger partial charge in [-0.25, -0.2) is 13.4 Å². The topological polar surface area (TPSA) is 96.4 Å². The summed E-state index contributed by atoms with van der Waals surface area (Å²) in [5.41, 5.74) is 0.732. The molecule has 6 nitrogen and oxygen atoms in total. The van der Waals surface area contributed by atoms with E-state index in [0.29, 0.717) is 0 Å². The summed E-state index contributed by atoms with van der Waals surface area (Å²) in [5.74, 6) is -1.55. The van der Waals surface area contributed by atoms with Crippen molar-refractivity contribution in [1.82, 2.24) is 9.71 Å². The lowest BCUT2D eigenvalue weighted by molar-refractivity contribution is -0.140. The van der Waals surface area contributed by atoms with E-state index >= 15 is 0 Å². The van der Waals surface area contributed by atoms with Crippen molar-refractivity contribution in [2.75, 3.05) is 0 Å². The maximum atomic E-state index is 12.3. The number of hydrogen-bond acceptors (Lipinski definition) is 5. The van der Waals surface area contributed by atoms with Gasteiger partial charge in [-0.3, -0.25) is 4.79 Å². The summed E-state index contributed by atoms with van der Waals surface area (Å²) in [7, 11) is -3.88. The highest BCUT2D eigenvalue weighted by molar-refractivity contribution is 7.89. The van der Waals surface area contributed by atoms with E-state index in [0.717, 1.165) is 15.2 Å². The molecule has 0 saturated carbocycles. The fourth-order valence-electron chi connectivity index (χ4n) is 1.89. The number of nitrogens with zero attached hydrogens (tertiary/aromatic N) is 1. The van der Waals surface area contributed by atoms with Crippen LogP contribution < -0.4 is 4.72 Å². The number of aromatic nitrogens is 1. The van der Waals surface area contributed by atoms with E-state index in [1.165, 1.54) is 23.5 Å². The molecule has 2 N–H and O–H groups in total. The van der Waals surface area contributed by atoms with Crippen molar-refractivity contribution in [1.29, 1.82) is 0 Å². The van der Waals surface area contributed by atoms with Gasteiger partial charge in [0.2, 0.25) is 10.0 Å². The molecule has 0 aliphatic rings. The third-order valence-corrected chi connectivity index (χ3v) is 5.36. The molecule has 1 heterocycles. The van der Waals surface area contributed by atoms with Gasteiger partial charge in [-0.05, 0) is 31.0 Å². The maximum absolute atomic E-state index is 12.3. The van der Waals surface area contributed by atoms with Crippen molar-refractivity contribution in [3.63, 3.8) is 0 Å². The van der Waals surface area contributed by atoms with Crippen LogP contribution in [0.3, 0.4) is 0 Å². The van der Waals surface area contributed by atoms with Crippen LogP contribution in [0.25, 0.3) is 10.2 Å². The Bertz CT molecular complexity index is 781. The normalized spacial score (nSPS) is 13.7. The average Bonchev–Trinajstić information content (AvgIpc) is 2.74. The standard InChI is InChI=1S/C13H16N2O4S2/c1-7(2)12(13(16)17)15-21(18,19)9-4-5-10-11(6-9)20-8(3)14-10/h4-7,12,15H,1-3H3,(H,16,17)/t12-/m1/s1. The number of rotatable bonds is 5. The van der Waals surface area contributed by atoms with Gasteiger partial charge in [0.25, 0.3) is 0 Å². The molecule has 2 rings (SSSR count). The van der Waals surface area contributed by atoms with Gasteiger partial charge in [-0.1, -0.05) is 13.8 Å². The van der Waals surface area contributed by atoms with Crippen LogP contribution in [-0.4, -0.2) is 30.5 Å². The summed E-state index contributed by atoms with van der Waals surface area (Å²) in [6.07, 6.45) is 0. The van der Waals surface area contributed by atoms with Crippen LogP contribution in [0.4, 0.5) is 0 Å². The fraction of sp³-hybridized carbons (Fsp3) is 0.385. The van der Waals surface area contributed by atoms with Crippen molar-refractivity contribution < 1.29 is 18.3 Å². The second-order valence-corrected chi connectivity index (χ2v) is 7.99. The Labute approximate surface area is 126 Å². The van der Waals surface area contributed by atoms with E-state index in [9.17, 15) is 13.2 Å². The molecular weight excluding hydrogens is 312 g/mol. The summed E-state index contributed by atoms with van der Waals surface area (Å²) in [5, 5.41) is 9.94. The lowest BCUT2D eigenvalue weighted by Crippen LogP contribution is -2.44. The van der Waals surface area contributed by atoms with Gasteiger partial charge >= 0.3 is 5.97 Å². The summed E-state index contributed by atoms with van der Waals surface area (Å²) in [4.78, 5) is 15.4. The summed E-state index contributed by atoms with van der Waals surface area (Å²) < 4.78 is 27.6. The van der Waals surface area contributed by atoms with Crippen LogP contribution in [0.5, 0.6) is 0 Å². The van der Waals surface area contributed by atoms with E-state index in [-0.39, 0.29) is 10.8 Å². The lowest BCUT2D eigenvalue weighted by Gasteiger charge is -2.17. The monoisotopic (exact) mass is 328 g/mol. The van der Waals surface area contributed by atoms with E-state index in [1.807, 2.05) is 6.92 Å². The van der Waals surface area contributed by atoms with Gasteiger partial charge in [0, 0.05) is 0 Å². The van der Waals surface area contributed by atoms with Gasteiger partial charge in [-0.2, -0.15) is 4.72 Å². The lowest BCUT2D eigenvalue weighted by atomic mass is 10.1. The molecule has 0 unspecified atom stereocenters. The van der Waals surface area contributed by atoms with Crippen molar-refractivity contribution in [3.8, 4) is 0 Å². The smallest absolute Gasteiger partial charge is 0.322 e. The molecule has 2 aromatic rings. The molecule has 0 aliphatic carbocycles. The molecule has 21 heavy (non-hydrogen) atoms. The third kappa shape index (κ3) is 3.39. The van der Waals surface area contributed by atoms with Crippen molar-refractivity contribution in [2.45, 2.75) is 31.7 Å². The third-order valence-electron chi connectivity index (χ3n) is 2.99. The number of aryl methyl sites for hydroxylation is 1. The van der Waals surface area contributed by atoms with Gasteiger partial charge in [0.05, 0.1) is 20.1 Å². The Balaban J connectivity index is 2.38. The Morgan fingerprint density at radius 1 is 1.38 bits per heavy atom. The van der Waals surface area contributed by atoms with Crippen molar-refractivity contribution in [3.05, 3.63) is 23.2 Å². The number of fused-ring (bicyclic) bond motifs is 1. The zero-order valence-corrected chi connectivity index (χ0v) is 13.5. The predicted molar refractivity (Wildman–Crippen MR) is 80.9 cm³/mol. The molecule has 0 radical (unpaired) electrons. The first kappa shape index (κ1) is 15.9. The first-order valence-corrected chi connectivity index (χ1v) is 8.63. The fourth-order valence-corrected chi connectivity index (χ4v) is 4.20. The maximum Gasteiger partial charge on any atom is 0.322 e. The first-order valence-electron chi connectivity index (χ1n) is 6.33. The quantitative estimate of drug-likeness (QED) is 0.875. The second kappa shape index (κ2) is 5.70. The molecule has 0 fully saturated rings. The number of carboxylic acid groups (broad SMARTS) is 1. The Morgan fingerprint density at radius 3 is 2.62 bits per heavy atom. The number of carbonyl (C=O) groups is 1. The first-order chi connectivity index (χ1) is 9.70. The molecule has 1 aromatic heterocycles. The van der Waals surface area contributed by atoms with E-state index in [2.05, 4.69) is 9.71 Å². The molecule has 1 aromatic carbocycles. The highest BCUT2D eigenvalue weighted by Gasteiger charge is 2.28. The molecular formula is C13H16N2O4S2. The van der Waals surface area contributed by atoms with E-state index in [1.54, 1.807) is 19.9 Å². The molecule has 1 atom stereocenters. The number of hydrogen-bond donors (Lipinski definition) is 2. The van der Waals surface area contributed by atoms with E-state index in [4.69, 9.17) is 5.11 Å². The van der Waals surface area contributed by atoms with Gasteiger partial charge in [0.15, 0.2) is 0 Å². The zero-order valence-electron chi connectivity index (χ0n) is 11.8. The van der Waals surface area contributed by atoms with Gasteiger partial charge < -0.3 is 5.11 Å². The van der Waals surface area contributed by atoms with Gasteiger partial charge in [0.1, 0.15) is 6.04 Å². The van der Waals surface area contributed by atoms with Gasteiger partial charge in [-0.15, -0.1) is 11.3 Å². The van der Waals surface area contributed by atoms with Crippen molar-refractivity contribution in [2.24, 2.45) is 5.92 Å². The molecule has 8 heteroatoms. The molecule has 0 saturated heterocycles. The summed E-state index contributed by atoms with van der Waals surface area (Å²) >= 11 is 1.39. The summed E-state index contributed by atoms with van der Waals surface area (Å²) in [6.45, 7) is 5.14. The minimum absolute atomic E-state index is 0.0468. The number of benzene rings is 1. The van der Waals surface area contributed by atoms with Crippen LogP contribution in [0.2, 0.25) is 0 Å². The van der Waals surface area contributed by atoms with Crippen LogP contribution in [0.15, 0.2) is 23.1 Å². The highest BCUT2D eigenvalue weighted by Crippen LogP contribution is 2.24. The number of carboxylic acids is 1. The SMILES string of the molecule is Cc1nc2ccc(S(=O)(=O)N[C@@H](C(=O)O)C(C)C)cc2s1. The van der Waals surface area contributed by atoms with E-state index < -0.39 is 22.0 Å². The molecule has 114 valence electrons. The van der Waals surface area contributed by atoms with Crippen LogP contribution in [-0.2, 0) is 14.8 Å². The number of thiazole rings is 1. The summed E-state index contributed by atoms with van der Waals surface area (Å²) in [6, 6.07) is 3.41. The average molecular weight is 328 g/mol. The number of sulfonamides is 1. The zero-order chi connectivity index (χ0) is 15.8. The Hall–Kier alpha value is -1.51. The Morgan fingerprint density at radius 2 is 2.05 bits per heavy atom. The second-order valence-electron chi connectivity index (χ2n) is 5.04. The Kier molecular flexibility index (Phi) is 4.31. The number of aliphatic carboxylic acids is 1. The molecule has 0 bridgehead atoms. The number of nitrogens with one attached hydrogen (secondary N) is 1. The highest BCUT2D eigenvalue weighted by atomic mass is 32.2. The minimum Gasteiger partial charge on any atom is -0.480 e. The largest absolute Gasteiger partial charge is 0.480 e. The molecule has 0 aliphatic heterocycles.